The van der Waals surface area contributed by atoms with E-state index < -0.39 is 0 Å². The van der Waals surface area contributed by atoms with Crippen LogP contribution in [0.15, 0.2) is 24.3 Å². The van der Waals surface area contributed by atoms with Gasteiger partial charge in [0.25, 0.3) is 0 Å². The van der Waals surface area contributed by atoms with Gasteiger partial charge >= 0.3 is 0 Å². The van der Waals surface area contributed by atoms with Crippen molar-refractivity contribution in [2.24, 2.45) is 0 Å². The van der Waals surface area contributed by atoms with Crippen LogP contribution >= 0.6 is 0 Å². The maximum atomic E-state index is 5.34. The van der Waals surface area contributed by atoms with Crippen LogP contribution in [0.25, 0.3) is 0 Å². The van der Waals surface area contributed by atoms with Gasteiger partial charge in [0.15, 0.2) is 0 Å². The number of ether oxygens (including phenoxy) is 1. The van der Waals surface area contributed by atoms with Crippen LogP contribution in [0.1, 0.15) is 12.8 Å². The van der Waals surface area contributed by atoms with Crippen molar-refractivity contribution in [1.82, 2.24) is 0 Å². The molecule has 2 heteroatoms. The zero-order valence-corrected chi connectivity index (χ0v) is 8.57. The van der Waals surface area contributed by atoms with Crippen molar-refractivity contribution in [3.63, 3.8) is 0 Å². The first-order chi connectivity index (χ1) is 6.90. The van der Waals surface area contributed by atoms with E-state index in [0.717, 1.165) is 25.9 Å². The second-order valence-corrected chi connectivity index (χ2v) is 3.67. The number of rotatable bonds is 2. The molecule has 0 N–H and O–H groups in total. The lowest BCUT2D eigenvalue weighted by atomic mass is 10.1. The van der Waals surface area contributed by atoms with E-state index in [9.17, 15) is 0 Å². The molecule has 1 saturated heterocycles. The molecule has 0 aromatic heterocycles. The first-order valence-electron chi connectivity index (χ1n) is 5.14. The Morgan fingerprint density at radius 3 is 2.71 bits per heavy atom. The fourth-order valence-electron chi connectivity index (χ4n) is 1.91. The fraction of sp³-hybridized carbons (Fsp3) is 0.500. The first-order valence-corrected chi connectivity index (χ1v) is 5.14. The normalized spacial score (nSPS) is 18.5. The molecule has 1 fully saturated rings. The number of benzene rings is 1. The van der Waals surface area contributed by atoms with E-state index in [1.165, 1.54) is 5.69 Å². The summed E-state index contributed by atoms with van der Waals surface area (Å²) in [5, 5.41) is 0. The van der Waals surface area contributed by atoms with Crippen LogP contribution in [-0.2, 0) is 4.74 Å². The second-order valence-electron chi connectivity index (χ2n) is 3.67. The van der Waals surface area contributed by atoms with Crippen molar-refractivity contribution in [1.29, 1.82) is 0 Å². The summed E-state index contributed by atoms with van der Waals surface area (Å²) in [6, 6.07) is 11.4. The van der Waals surface area contributed by atoms with Crippen molar-refractivity contribution >= 4 is 5.69 Å². The van der Waals surface area contributed by atoms with Gasteiger partial charge < -0.3 is 9.64 Å². The third-order valence-electron chi connectivity index (χ3n) is 2.81. The topological polar surface area (TPSA) is 12.5 Å². The first kappa shape index (κ1) is 9.53. The Morgan fingerprint density at radius 1 is 1.36 bits per heavy atom. The van der Waals surface area contributed by atoms with Crippen LogP contribution in [0.5, 0.6) is 0 Å². The van der Waals surface area contributed by atoms with E-state index in [4.69, 9.17) is 4.74 Å². The molecule has 1 heterocycles. The third-order valence-corrected chi connectivity index (χ3v) is 2.81. The lowest BCUT2D eigenvalue weighted by Crippen LogP contribution is -2.36. The van der Waals surface area contributed by atoms with Gasteiger partial charge in [0.1, 0.15) is 0 Å². The zero-order chi connectivity index (χ0) is 9.80. The van der Waals surface area contributed by atoms with Gasteiger partial charge in [-0.1, -0.05) is 18.2 Å². The minimum atomic E-state index is 0.454. The second kappa shape index (κ2) is 4.47. The number of hydrogen-bond donors (Lipinski definition) is 0. The minimum Gasteiger partial charge on any atom is -0.381 e. The summed E-state index contributed by atoms with van der Waals surface area (Å²) in [6.45, 7) is 2.16. The molecule has 1 aliphatic rings. The molecule has 14 heavy (non-hydrogen) atoms. The lowest BCUT2D eigenvalue weighted by Gasteiger charge is -2.32. The van der Waals surface area contributed by atoms with E-state index in [-0.39, 0.29) is 0 Å². The highest BCUT2D eigenvalue weighted by molar-refractivity contribution is 5.45. The molecule has 0 spiro atoms. The summed E-state index contributed by atoms with van der Waals surface area (Å²) in [7, 11) is 1.80. The van der Waals surface area contributed by atoms with Crippen molar-refractivity contribution in [3.8, 4) is 0 Å². The van der Waals surface area contributed by atoms with Gasteiger partial charge in [-0.05, 0) is 18.9 Å². The van der Waals surface area contributed by atoms with Gasteiger partial charge in [-0.15, -0.1) is 0 Å². The molecule has 0 saturated carbocycles. The average molecular weight is 190 g/mol. The number of piperidine rings is 1. The summed E-state index contributed by atoms with van der Waals surface area (Å²) in [4.78, 5) is 2.37. The summed E-state index contributed by atoms with van der Waals surface area (Å²) >= 11 is 0. The molecule has 0 unspecified atom stereocenters. The molecule has 1 aliphatic heterocycles. The van der Waals surface area contributed by atoms with E-state index in [1.54, 1.807) is 7.11 Å². The maximum Gasteiger partial charge on any atom is 0.0605 e. The Morgan fingerprint density at radius 2 is 2.14 bits per heavy atom. The van der Waals surface area contributed by atoms with E-state index in [0.29, 0.717) is 6.10 Å². The number of para-hydroxylation sites is 1. The van der Waals surface area contributed by atoms with Crippen molar-refractivity contribution < 1.29 is 4.74 Å². The Hall–Kier alpha value is -1.02. The minimum absolute atomic E-state index is 0.454. The van der Waals surface area contributed by atoms with E-state index in [1.807, 2.05) is 12.1 Å². The number of methoxy groups -OCH3 is 1. The highest BCUT2D eigenvalue weighted by atomic mass is 16.5. The predicted octanol–water partition coefficient (Wildman–Crippen LogP) is 2.10. The summed E-state index contributed by atoms with van der Waals surface area (Å²) in [5.74, 6) is 0. The molecule has 0 aliphatic carbocycles. The SMILES string of the molecule is COC1CCN(c2[c]cccc2)CC1. The Labute approximate surface area is 85.5 Å². The van der Waals surface area contributed by atoms with Crippen LogP contribution in [0.4, 0.5) is 5.69 Å². The van der Waals surface area contributed by atoms with Crippen LogP contribution in [0.3, 0.4) is 0 Å². The monoisotopic (exact) mass is 190 g/mol. The summed E-state index contributed by atoms with van der Waals surface area (Å²) < 4.78 is 5.34. The molecule has 0 amide bonds. The summed E-state index contributed by atoms with van der Waals surface area (Å²) in [5.41, 5.74) is 1.21. The fourth-order valence-corrected chi connectivity index (χ4v) is 1.91. The number of hydrogen-bond acceptors (Lipinski definition) is 2. The van der Waals surface area contributed by atoms with Crippen LogP contribution in [-0.4, -0.2) is 26.3 Å². The lowest BCUT2D eigenvalue weighted by molar-refractivity contribution is 0.0819. The molecular formula is C12H16NO. The predicted molar refractivity (Wildman–Crippen MR) is 57.5 cm³/mol. The van der Waals surface area contributed by atoms with Crippen molar-refractivity contribution in [3.05, 3.63) is 30.3 Å². The van der Waals surface area contributed by atoms with Crippen molar-refractivity contribution in [2.45, 2.75) is 18.9 Å². The molecule has 1 aromatic carbocycles. The quantitative estimate of drug-likeness (QED) is 0.708. The third kappa shape index (κ3) is 2.07. The highest BCUT2D eigenvalue weighted by Gasteiger charge is 2.18. The zero-order valence-electron chi connectivity index (χ0n) is 8.57. The average Bonchev–Trinajstić information content (AvgIpc) is 2.30. The van der Waals surface area contributed by atoms with Crippen molar-refractivity contribution in [2.75, 3.05) is 25.1 Å². The standard InChI is InChI=1S/C12H16NO/c1-14-12-7-9-13(10-8-12)11-5-3-2-4-6-11/h2-5,12H,7-10H2,1H3. The van der Waals surface area contributed by atoms with Crippen LogP contribution < -0.4 is 4.90 Å². The van der Waals surface area contributed by atoms with Gasteiger partial charge in [0, 0.05) is 32.0 Å². The molecule has 1 radical (unpaired) electrons. The molecule has 0 bridgehead atoms. The van der Waals surface area contributed by atoms with E-state index in [2.05, 4.69) is 23.1 Å². The molecule has 2 rings (SSSR count). The van der Waals surface area contributed by atoms with Crippen LogP contribution in [0.2, 0.25) is 0 Å². The Balaban J connectivity index is 1.96. The van der Waals surface area contributed by atoms with Gasteiger partial charge in [0.2, 0.25) is 0 Å². The Kier molecular flexibility index (Phi) is 3.04. The number of anilines is 1. The molecular weight excluding hydrogens is 174 g/mol. The molecule has 2 nitrogen and oxygen atoms in total. The van der Waals surface area contributed by atoms with Gasteiger partial charge in [-0.3, -0.25) is 0 Å². The van der Waals surface area contributed by atoms with E-state index >= 15 is 0 Å². The number of nitrogens with zero attached hydrogens (tertiary/aromatic N) is 1. The van der Waals surface area contributed by atoms with Gasteiger partial charge in [0.05, 0.1) is 6.10 Å². The molecule has 1 aromatic rings. The van der Waals surface area contributed by atoms with Gasteiger partial charge in [-0.25, -0.2) is 0 Å². The summed E-state index contributed by atoms with van der Waals surface area (Å²) in [6.07, 6.45) is 2.70. The largest absolute Gasteiger partial charge is 0.381 e. The maximum absolute atomic E-state index is 5.34. The smallest absolute Gasteiger partial charge is 0.0605 e. The highest BCUT2D eigenvalue weighted by Crippen LogP contribution is 2.19. The van der Waals surface area contributed by atoms with Gasteiger partial charge in [-0.2, -0.15) is 0 Å². The van der Waals surface area contributed by atoms with Crippen LogP contribution in [0, 0.1) is 6.07 Å². The molecule has 75 valence electrons. The molecule has 0 atom stereocenters. The Bertz CT molecular complexity index is 265.